The van der Waals surface area contributed by atoms with Crippen molar-refractivity contribution in [2.75, 3.05) is 25.0 Å². The average molecular weight is 311 g/mol. The second-order valence-electron chi connectivity index (χ2n) is 5.02. The summed E-state index contributed by atoms with van der Waals surface area (Å²) in [5, 5.41) is 3.36. The maximum atomic E-state index is 12.2. The van der Waals surface area contributed by atoms with Gasteiger partial charge in [0.05, 0.1) is 6.42 Å². The van der Waals surface area contributed by atoms with E-state index < -0.39 is 6.04 Å². The Balaban J connectivity index is 2.03. The summed E-state index contributed by atoms with van der Waals surface area (Å²) >= 11 is 5.93. The third-order valence-corrected chi connectivity index (χ3v) is 3.83. The van der Waals surface area contributed by atoms with E-state index in [4.69, 9.17) is 16.3 Å². The third-order valence-electron chi connectivity index (χ3n) is 3.59. The molecule has 1 unspecified atom stereocenters. The topological polar surface area (TPSA) is 58.6 Å². The van der Waals surface area contributed by atoms with Crippen molar-refractivity contribution >= 4 is 29.2 Å². The molecule has 1 aliphatic rings. The van der Waals surface area contributed by atoms with E-state index in [0.717, 1.165) is 5.56 Å². The zero-order chi connectivity index (χ0) is 15.4. The monoisotopic (exact) mass is 310 g/mol. The van der Waals surface area contributed by atoms with Crippen molar-refractivity contribution in [2.45, 2.75) is 26.3 Å². The highest BCUT2D eigenvalue weighted by Gasteiger charge is 2.32. The number of halogens is 1. The summed E-state index contributed by atoms with van der Waals surface area (Å²) in [6, 6.07) is 4.80. The molecule has 1 aromatic carbocycles. The highest BCUT2D eigenvalue weighted by molar-refractivity contribution is 6.31. The fourth-order valence-corrected chi connectivity index (χ4v) is 2.53. The molecule has 0 radical (unpaired) electrons. The van der Waals surface area contributed by atoms with E-state index in [1.165, 1.54) is 0 Å². The molecule has 114 valence electrons. The summed E-state index contributed by atoms with van der Waals surface area (Å²) in [6.45, 7) is 5.61. The SMILES string of the molecule is CCN1CCOC(=O)C1CC(=O)Nc1cc(Cl)ccc1C. The third kappa shape index (κ3) is 3.95. The van der Waals surface area contributed by atoms with Gasteiger partial charge in [0.15, 0.2) is 0 Å². The lowest BCUT2D eigenvalue weighted by Crippen LogP contribution is -2.50. The number of anilines is 1. The zero-order valence-corrected chi connectivity index (χ0v) is 12.9. The van der Waals surface area contributed by atoms with E-state index in [0.29, 0.717) is 30.4 Å². The Morgan fingerprint density at radius 3 is 3.00 bits per heavy atom. The molecule has 2 rings (SSSR count). The first-order valence-corrected chi connectivity index (χ1v) is 7.35. The number of carbonyl (C=O) groups is 2. The molecular formula is C15H19ClN2O3. The number of rotatable bonds is 4. The summed E-state index contributed by atoms with van der Waals surface area (Å²) in [5.41, 5.74) is 1.59. The van der Waals surface area contributed by atoms with E-state index in [1.807, 2.05) is 24.8 Å². The van der Waals surface area contributed by atoms with Crippen molar-refractivity contribution in [3.8, 4) is 0 Å². The Hall–Kier alpha value is -1.59. The molecule has 0 aromatic heterocycles. The molecule has 0 bridgehead atoms. The molecule has 0 spiro atoms. The lowest BCUT2D eigenvalue weighted by Gasteiger charge is -2.32. The average Bonchev–Trinajstić information content (AvgIpc) is 2.45. The van der Waals surface area contributed by atoms with E-state index in [-0.39, 0.29) is 18.3 Å². The lowest BCUT2D eigenvalue weighted by molar-refractivity contribution is -0.158. The molecule has 1 saturated heterocycles. The Bertz CT molecular complexity index is 548. The van der Waals surface area contributed by atoms with Crippen LogP contribution in [0.2, 0.25) is 5.02 Å². The Morgan fingerprint density at radius 1 is 1.52 bits per heavy atom. The Kier molecular flexibility index (Phi) is 5.20. The van der Waals surface area contributed by atoms with Gasteiger partial charge in [0, 0.05) is 17.3 Å². The van der Waals surface area contributed by atoms with Crippen LogP contribution >= 0.6 is 11.6 Å². The number of amides is 1. The van der Waals surface area contributed by atoms with Gasteiger partial charge in [-0.25, -0.2) is 0 Å². The molecule has 1 aromatic rings. The quantitative estimate of drug-likeness (QED) is 0.866. The van der Waals surface area contributed by atoms with Crippen molar-refractivity contribution in [2.24, 2.45) is 0 Å². The van der Waals surface area contributed by atoms with Crippen LogP contribution < -0.4 is 5.32 Å². The Labute approximate surface area is 129 Å². The summed E-state index contributed by atoms with van der Waals surface area (Å²) in [7, 11) is 0. The molecule has 1 aliphatic heterocycles. The highest BCUT2D eigenvalue weighted by atomic mass is 35.5. The van der Waals surface area contributed by atoms with Gasteiger partial charge < -0.3 is 10.1 Å². The molecule has 5 nitrogen and oxygen atoms in total. The minimum atomic E-state index is -0.511. The van der Waals surface area contributed by atoms with Crippen LogP contribution in [-0.2, 0) is 14.3 Å². The fraction of sp³-hybridized carbons (Fsp3) is 0.467. The maximum absolute atomic E-state index is 12.2. The van der Waals surface area contributed by atoms with Crippen LogP contribution in [0.5, 0.6) is 0 Å². The first kappa shape index (κ1) is 15.8. The Morgan fingerprint density at radius 2 is 2.29 bits per heavy atom. The summed E-state index contributed by atoms with van der Waals surface area (Å²) < 4.78 is 5.03. The zero-order valence-electron chi connectivity index (χ0n) is 12.2. The lowest BCUT2D eigenvalue weighted by atomic mass is 10.1. The van der Waals surface area contributed by atoms with Gasteiger partial charge in [-0.15, -0.1) is 0 Å². The van der Waals surface area contributed by atoms with Crippen LogP contribution in [0.1, 0.15) is 18.9 Å². The second kappa shape index (κ2) is 6.91. The van der Waals surface area contributed by atoms with Gasteiger partial charge in [0.1, 0.15) is 12.6 Å². The van der Waals surface area contributed by atoms with Crippen LogP contribution in [0.4, 0.5) is 5.69 Å². The molecule has 1 N–H and O–H groups in total. The van der Waals surface area contributed by atoms with Gasteiger partial charge in [-0.05, 0) is 31.2 Å². The summed E-state index contributed by atoms with van der Waals surface area (Å²) in [4.78, 5) is 25.9. The number of hydrogen-bond acceptors (Lipinski definition) is 4. The first-order chi connectivity index (χ1) is 10.0. The molecule has 6 heteroatoms. The van der Waals surface area contributed by atoms with E-state index in [2.05, 4.69) is 5.32 Å². The molecule has 1 heterocycles. The van der Waals surface area contributed by atoms with Gasteiger partial charge in [0.25, 0.3) is 0 Å². The molecule has 1 atom stereocenters. The van der Waals surface area contributed by atoms with Crippen molar-refractivity contribution in [1.29, 1.82) is 0 Å². The predicted octanol–water partition coefficient (Wildman–Crippen LogP) is 2.22. The minimum absolute atomic E-state index is 0.0820. The molecule has 1 amide bonds. The molecule has 21 heavy (non-hydrogen) atoms. The molecular weight excluding hydrogens is 292 g/mol. The van der Waals surface area contributed by atoms with E-state index >= 15 is 0 Å². The van der Waals surface area contributed by atoms with Crippen molar-refractivity contribution in [1.82, 2.24) is 4.90 Å². The van der Waals surface area contributed by atoms with Gasteiger partial charge in [-0.1, -0.05) is 24.6 Å². The number of hydrogen-bond donors (Lipinski definition) is 1. The summed E-state index contributed by atoms with van der Waals surface area (Å²) in [6.07, 6.45) is 0.0820. The number of nitrogens with one attached hydrogen (secondary N) is 1. The number of nitrogens with zero attached hydrogens (tertiary/aromatic N) is 1. The van der Waals surface area contributed by atoms with Crippen LogP contribution in [0, 0.1) is 6.92 Å². The number of likely N-dealkylation sites (N-methyl/N-ethyl adjacent to an activating group) is 1. The number of esters is 1. The second-order valence-corrected chi connectivity index (χ2v) is 5.46. The van der Waals surface area contributed by atoms with Crippen molar-refractivity contribution in [3.05, 3.63) is 28.8 Å². The number of ether oxygens (including phenoxy) is 1. The van der Waals surface area contributed by atoms with Crippen LogP contribution in [0.3, 0.4) is 0 Å². The standard InChI is InChI=1S/C15H19ClN2O3/c1-3-18-6-7-21-15(20)13(18)9-14(19)17-12-8-11(16)5-4-10(12)2/h4-5,8,13H,3,6-7,9H2,1-2H3,(H,17,19). The smallest absolute Gasteiger partial charge is 0.323 e. The molecule has 0 saturated carbocycles. The molecule has 1 fully saturated rings. The van der Waals surface area contributed by atoms with Gasteiger partial charge in [-0.3, -0.25) is 14.5 Å². The predicted molar refractivity (Wildman–Crippen MR) is 81.4 cm³/mol. The van der Waals surface area contributed by atoms with Crippen LogP contribution in [0.25, 0.3) is 0 Å². The first-order valence-electron chi connectivity index (χ1n) is 6.98. The van der Waals surface area contributed by atoms with Gasteiger partial charge in [-0.2, -0.15) is 0 Å². The van der Waals surface area contributed by atoms with Crippen molar-refractivity contribution < 1.29 is 14.3 Å². The largest absolute Gasteiger partial charge is 0.463 e. The number of benzene rings is 1. The van der Waals surface area contributed by atoms with E-state index in [1.54, 1.807) is 12.1 Å². The number of cyclic esters (lactones) is 1. The number of aryl methyl sites for hydroxylation is 1. The van der Waals surface area contributed by atoms with E-state index in [9.17, 15) is 9.59 Å². The summed E-state index contributed by atoms with van der Waals surface area (Å²) in [5.74, 6) is -0.552. The number of carbonyl (C=O) groups excluding carboxylic acids is 2. The fourth-order valence-electron chi connectivity index (χ4n) is 2.36. The maximum Gasteiger partial charge on any atom is 0.323 e. The van der Waals surface area contributed by atoms with Gasteiger partial charge >= 0.3 is 5.97 Å². The highest BCUT2D eigenvalue weighted by Crippen LogP contribution is 2.21. The van der Waals surface area contributed by atoms with Crippen LogP contribution in [0.15, 0.2) is 18.2 Å². The van der Waals surface area contributed by atoms with Crippen molar-refractivity contribution in [3.63, 3.8) is 0 Å². The minimum Gasteiger partial charge on any atom is -0.463 e. The normalized spacial score (nSPS) is 19.2. The molecule has 0 aliphatic carbocycles. The number of morpholine rings is 1. The van der Waals surface area contributed by atoms with Gasteiger partial charge in [0.2, 0.25) is 5.91 Å². The van der Waals surface area contributed by atoms with Crippen LogP contribution in [-0.4, -0.2) is 42.5 Å².